The van der Waals surface area contributed by atoms with Gasteiger partial charge in [0.2, 0.25) is 0 Å². The van der Waals surface area contributed by atoms with Gasteiger partial charge in [-0.25, -0.2) is 9.59 Å². The first kappa shape index (κ1) is 22.2. The van der Waals surface area contributed by atoms with Crippen molar-refractivity contribution in [1.29, 1.82) is 0 Å². The second-order valence-electron chi connectivity index (χ2n) is 6.11. The summed E-state index contributed by atoms with van der Waals surface area (Å²) in [5, 5.41) is 20.5. The van der Waals surface area contributed by atoms with E-state index in [9.17, 15) is 19.5 Å². The Morgan fingerprint density at radius 1 is 1.17 bits per heavy atom. The molecule has 0 unspecified atom stereocenters. The molecule has 2 rings (SSSR count). The molecule has 0 fully saturated rings. The van der Waals surface area contributed by atoms with Gasteiger partial charge in [-0.2, -0.15) is 5.10 Å². The lowest BCUT2D eigenvalue weighted by atomic mass is 10.1. The van der Waals surface area contributed by atoms with Crippen molar-refractivity contribution in [3.8, 4) is 0 Å². The number of carboxylic acid groups (broad SMARTS) is 1. The number of ether oxygens (including phenoxy) is 1. The molecule has 0 radical (unpaired) electrons. The molecule has 0 heterocycles. The molecule has 0 aromatic heterocycles. The van der Waals surface area contributed by atoms with E-state index < -0.39 is 18.1 Å². The van der Waals surface area contributed by atoms with E-state index in [-0.39, 0.29) is 18.9 Å². The summed E-state index contributed by atoms with van der Waals surface area (Å²) in [7, 11) is 0. The van der Waals surface area contributed by atoms with Gasteiger partial charge in [-0.15, -0.1) is 0 Å². The number of nitrogens with one attached hydrogen (secondary N) is 3. The van der Waals surface area contributed by atoms with E-state index in [1.807, 2.05) is 0 Å². The topological polar surface area (TPSA) is 155 Å². The highest BCUT2D eigenvalue weighted by atomic mass is 16.5. The van der Waals surface area contributed by atoms with Crippen molar-refractivity contribution in [2.45, 2.75) is 19.4 Å². The smallest absolute Gasteiger partial charge is 0.407 e. The van der Waals surface area contributed by atoms with Crippen LogP contribution in [-0.2, 0) is 16.0 Å². The van der Waals surface area contributed by atoms with E-state index in [2.05, 4.69) is 21.1 Å². The molecule has 6 N–H and O–H groups in total. The van der Waals surface area contributed by atoms with Crippen molar-refractivity contribution in [2.75, 3.05) is 17.2 Å². The van der Waals surface area contributed by atoms with Crippen molar-refractivity contribution in [3.05, 3.63) is 59.7 Å². The number of carbonyl (C=O) groups excluding carboxylic acids is 2. The van der Waals surface area contributed by atoms with E-state index in [0.29, 0.717) is 22.5 Å². The molecule has 2 aromatic carbocycles. The minimum absolute atomic E-state index is 0.0682. The molecule has 0 saturated carbocycles. The largest absolute Gasteiger partial charge is 0.480 e. The Hall–Kier alpha value is -4.08. The van der Waals surface area contributed by atoms with Gasteiger partial charge in [0.1, 0.15) is 12.4 Å². The van der Waals surface area contributed by atoms with E-state index >= 15 is 0 Å². The number of hydrazone groups is 1. The lowest BCUT2D eigenvalue weighted by Gasteiger charge is -2.14. The van der Waals surface area contributed by atoms with Gasteiger partial charge in [0, 0.05) is 23.4 Å². The number of carboxylic acids is 1. The first-order valence-electron chi connectivity index (χ1n) is 9.07. The third-order valence-electron chi connectivity index (χ3n) is 3.95. The Morgan fingerprint density at radius 2 is 1.90 bits per heavy atom. The zero-order valence-electron chi connectivity index (χ0n) is 16.3. The molecule has 0 bridgehead atoms. The molecule has 0 spiro atoms. The van der Waals surface area contributed by atoms with Crippen LogP contribution in [0.15, 0.2) is 53.6 Å². The number of nitrogens with zero attached hydrogens (tertiary/aromatic N) is 1. The predicted molar refractivity (Wildman–Crippen MR) is 112 cm³/mol. The van der Waals surface area contributed by atoms with Crippen molar-refractivity contribution >= 4 is 35.7 Å². The molecule has 10 heteroatoms. The van der Waals surface area contributed by atoms with Crippen molar-refractivity contribution < 1.29 is 24.2 Å². The van der Waals surface area contributed by atoms with Gasteiger partial charge in [-0.3, -0.25) is 4.79 Å². The van der Waals surface area contributed by atoms with Gasteiger partial charge in [-0.05, 0) is 42.8 Å². The summed E-state index contributed by atoms with van der Waals surface area (Å²) in [4.78, 5) is 35.3. The second-order valence-corrected chi connectivity index (χ2v) is 6.11. The number of aliphatic carboxylic acids is 1. The van der Waals surface area contributed by atoms with Crippen LogP contribution in [0.2, 0.25) is 0 Å². The van der Waals surface area contributed by atoms with Crippen LogP contribution in [0, 0.1) is 0 Å². The fourth-order valence-electron chi connectivity index (χ4n) is 2.54. The number of hydrogen-bond donors (Lipinski definition) is 5. The zero-order chi connectivity index (χ0) is 21.9. The molecule has 0 aliphatic carbocycles. The minimum atomic E-state index is -1.17. The molecule has 30 heavy (non-hydrogen) atoms. The van der Waals surface area contributed by atoms with E-state index in [1.165, 1.54) is 6.34 Å². The second kappa shape index (κ2) is 11.1. The lowest BCUT2D eigenvalue weighted by Crippen LogP contribution is -2.42. The van der Waals surface area contributed by atoms with Crippen LogP contribution in [0.25, 0.3) is 0 Å². The summed E-state index contributed by atoms with van der Waals surface area (Å²) in [5.74, 6) is 3.55. The van der Waals surface area contributed by atoms with Crippen molar-refractivity contribution in [1.82, 2.24) is 5.32 Å². The molecular weight excluding hydrogens is 390 g/mol. The molecular formula is C20H23N5O5. The first-order valence-corrected chi connectivity index (χ1v) is 9.07. The monoisotopic (exact) mass is 413 g/mol. The summed E-state index contributed by atoms with van der Waals surface area (Å²) in [5.41, 5.74) is 2.29. The maximum absolute atomic E-state index is 12.4. The van der Waals surface area contributed by atoms with Gasteiger partial charge in [0.05, 0.1) is 6.61 Å². The van der Waals surface area contributed by atoms with Gasteiger partial charge in [0.25, 0.3) is 5.91 Å². The predicted octanol–water partition coefficient (Wildman–Crippen LogP) is 1.99. The number of nitrogens with two attached hydrogens (primary N) is 1. The molecule has 10 nitrogen and oxygen atoms in total. The Morgan fingerprint density at radius 3 is 2.53 bits per heavy atom. The fraction of sp³-hybridized carbons (Fsp3) is 0.200. The average molecular weight is 413 g/mol. The summed E-state index contributed by atoms with van der Waals surface area (Å²) >= 11 is 0. The molecule has 2 aromatic rings. The summed E-state index contributed by atoms with van der Waals surface area (Å²) in [6.07, 6.45) is 0.582. The molecule has 0 aliphatic heterocycles. The van der Waals surface area contributed by atoms with Gasteiger partial charge in [0.15, 0.2) is 0 Å². The highest BCUT2D eigenvalue weighted by Crippen LogP contribution is 2.15. The number of anilines is 2. The quantitative estimate of drug-likeness (QED) is 0.182. The van der Waals surface area contributed by atoms with Gasteiger partial charge in [-0.1, -0.05) is 18.2 Å². The average Bonchev–Trinajstić information content (AvgIpc) is 2.73. The molecule has 2 amide bonds. The zero-order valence-corrected chi connectivity index (χ0v) is 16.3. The Kier molecular flexibility index (Phi) is 8.18. The summed E-state index contributed by atoms with van der Waals surface area (Å²) < 4.78 is 4.72. The normalized spacial score (nSPS) is 11.5. The highest BCUT2D eigenvalue weighted by molar-refractivity contribution is 6.05. The van der Waals surface area contributed by atoms with E-state index in [1.54, 1.807) is 55.5 Å². The van der Waals surface area contributed by atoms with Crippen LogP contribution in [0.4, 0.5) is 16.2 Å². The highest BCUT2D eigenvalue weighted by Gasteiger charge is 2.21. The third kappa shape index (κ3) is 6.82. The van der Waals surface area contributed by atoms with Gasteiger partial charge < -0.3 is 31.6 Å². The number of benzene rings is 2. The Labute approximate surface area is 173 Å². The Bertz CT molecular complexity index is 914. The number of carbonyl (C=O) groups is 3. The molecule has 1 atom stereocenters. The van der Waals surface area contributed by atoms with Crippen LogP contribution < -0.4 is 21.8 Å². The van der Waals surface area contributed by atoms with Crippen LogP contribution in [0.5, 0.6) is 0 Å². The lowest BCUT2D eigenvalue weighted by molar-refractivity contribution is -0.139. The van der Waals surface area contributed by atoms with E-state index in [4.69, 9.17) is 10.6 Å². The van der Waals surface area contributed by atoms with Crippen LogP contribution in [-0.4, -0.2) is 42.1 Å². The Balaban J connectivity index is 2.00. The molecule has 0 aliphatic rings. The molecule has 0 saturated heterocycles. The van der Waals surface area contributed by atoms with Crippen LogP contribution >= 0.6 is 0 Å². The summed E-state index contributed by atoms with van der Waals surface area (Å²) in [6, 6.07) is 12.3. The third-order valence-corrected chi connectivity index (χ3v) is 3.95. The van der Waals surface area contributed by atoms with Crippen molar-refractivity contribution in [3.63, 3.8) is 0 Å². The number of alkyl carbamates (subject to hydrolysis) is 1. The van der Waals surface area contributed by atoms with Crippen LogP contribution in [0.3, 0.4) is 0 Å². The fourth-order valence-corrected chi connectivity index (χ4v) is 2.54. The van der Waals surface area contributed by atoms with Crippen LogP contribution in [0.1, 0.15) is 22.8 Å². The maximum Gasteiger partial charge on any atom is 0.407 e. The SMILES string of the molecule is CCOC(=O)N[C@@H](Cc1ccc(NC(=O)c2cccc(NC=NN)c2)cc1)C(=O)O. The molecule has 158 valence electrons. The van der Waals surface area contributed by atoms with Crippen molar-refractivity contribution in [2.24, 2.45) is 10.9 Å². The minimum Gasteiger partial charge on any atom is -0.480 e. The number of amides is 2. The number of hydrogen-bond acceptors (Lipinski definition) is 6. The first-order chi connectivity index (χ1) is 14.4. The van der Waals surface area contributed by atoms with Gasteiger partial charge >= 0.3 is 12.1 Å². The van der Waals surface area contributed by atoms with E-state index in [0.717, 1.165) is 0 Å². The summed E-state index contributed by atoms with van der Waals surface area (Å²) in [6.45, 7) is 1.77. The number of rotatable bonds is 9. The maximum atomic E-state index is 12.4. The standard InChI is InChI=1S/C20H23N5O5/c1-2-30-20(29)25-17(19(27)28)10-13-6-8-15(9-7-13)24-18(26)14-4-3-5-16(11-14)22-12-23-21/h3-9,11-12,17H,2,10,21H2,1H3,(H,22,23)(H,24,26)(H,25,29)(H,27,28)/t17-/m0/s1.